The maximum Gasteiger partial charge on any atom is 0.255 e. The number of nitrogens with zero attached hydrogens (tertiary/aromatic N) is 2. The minimum atomic E-state index is -0.273. The Morgan fingerprint density at radius 1 is 0.854 bits per heavy atom. The molecule has 1 aromatic heterocycles. The molecule has 1 fully saturated rings. The van der Waals surface area contributed by atoms with Gasteiger partial charge in [-0.25, -0.2) is 0 Å². The first kappa shape index (κ1) is 26.4. The first-order chi connectivity index (χ1) is 20.0. The van der Waals surface area contributed by atoms with Crippen LogP contribution in [0, 0.1) is 5.92 Å². The van der Waals surface area contributed by atoms with Gasteiger partial charge in [0.05, 0.1) is 18.5 Å². The first-order valence-corrected chi connectivity index (χ1v) is 13.8. The van der Waals surface area contributed by atoms with Crippen molar-refractivity contribution in [2.24, 2.45) is 5.92 Å². The molecule has 0 radical (unpaired) electrons. The summed E-state index contributed by atoms with van der Waals surface area (Å²) >= 11 is 0. The van der Waals surface area contributed by atoms with Gasteiger partial charge in [0.25, 0.3) is 17.4 Å². The van der Waals surface area contributed by atoms with Gasteiger partial charge in [0.15, 0.2) is 0 Å². The van der Waals surface area contributed by atoms with Crippen molar-refractivity contribution in [3.63, 3.8) is 0 Å². The highest BCUT2D eigenvalue weighted by atomic mass is 16.5. The summed E-state index contributed by atoms with van der Waals surface area (Å²) < 4.78 is 7.13. The van der Waals surface area contributed by atoms with E-state index in [0.29, 0.717) is 48.1 Å². The Kier molecular flexibility index (Phi) is 7.29. The maximum absolute atomic E-state index is 13.3. The third kappa shape index (κ3) is 5.59. The van der Waals surface area contributed by atoms with Crippen molar-refractivity contribution in [1.29, 1.82) is 0 Å². The van der Waals surface area contributed by atoms with E-state index in [1.54, 1.807) is 43.5 Å². The number of hydrogen-bond donors (Lipinski definition) is 2. The molecule has 4 aromatic rings. The molecule has 1 saturated heterocycles. The molecule has 2 aliphatic rings. The van der Waals surface area contributed by atoms with E-state index in [4.69, 9.17) is 4.74 Å². The summed E-state index contributed by atoms with van der Waals surface area (Å²) in [5.41, 5.74) is 4.48. The van der Waals surface area contributed by atoms with Crippen LogP contribution in [0.15, 0.2) is 95.8 Å². The normalized spacial score (nSPS) is 17.3. The van der Waals surface area contributed by atoms with Crippen molar-refractivity contribution in [3.05, 3.63) is 124 Å². The molecule has 0 saturated carbocycles. The molecule has 0 aliphatic carbocycles. The molecule has 208 valence electrons. The molecule has 2 amide bonds. The molecule has 0 spiro atoms. The van der Waals surface area contributed by atoms with Crippen LogP contribution in [0.25, 0.3) is 0 Å². The summed E-state index contributed by atoms with van der Waals surface area (Å²) in [6.07, 6.45) is 1.02. The van der Waals surface area contributed by atoms with Crippen LogP contribution in [0.5, 0.6) is 5.75 Å². The Labute approximate surface area is 238 Å². The Balaban J connectivity index is 1.29. The largest absolute Gasteiger partial charge is 0.497 e. The molecular formula is C33H32N4O4. The van der Waals surface area contributed by atoms with Gasteiger partial charge < -0.3 is 24.8 Å². The second-order valence-electron chi connectivity index (χ2n) is 10.7. The maximum atomic E-state index is 13.3. The lowest BCUT2D eigenvalue weighted by atomic mass is 9.83. The van der Waals surface area contributed by atoms with Crippen LogP contribution in [-0.4, -0.2) is 36.6 Å². The minimum Gasteiger partial charge on any atom is -0.497 e. The number of rotatable bonds is 7. The highest BCUT2D eigenvalue weighted by Crippen LogP contribution is 2.39. The Hall–Kier alpha value is -4.85. The van der Waals surface area contributed by atoms with E-state index >= 15 is 0 Å². The fourth-order valence-corrected chi connectivity index (χ4v) is 5.96. The number of carbonyl (C=O) groups excluding carboxylic acids is 2. The standard InChI is InChI=1S/C33H32N4O4/c1-41-27-13-10-24(11-14-27)33(40)35-28-17-25(32(39)34-18-22-6-3-2-4-7-22)12-15-30(28)36-19-23-16-26(21-36)29-8-5-9-31(38)37(29)20-23/h2-15,17,23,26H,16,18-21H2,1H3,(H,34,39)(H,35,40)/t23-,26-/m0/s1. The Morgan fingerprint density at radius 2 is 1.63 bits per heavy atom. The molecule has 6 rings (SSSR count). The SMILES string of the molecule is COc1ccc(C(=O)Nc2cc(C(=O)NCc3ccccc3)ccc2N2C[C@@H]3C[C@@H](C2)c2cccc(=O)n2C3)cc1. The molecule has 2 bridgehead atoms. The zero-order valence-electron chi connectivity index (χ0n) is 22.9. The molecule has 3 aromatic carbocycles. The topological polar surface area (TPSA) is 92.7 Å². The zero-order valence-corrected chi connectivity index (χ0v) is 22.9. The zero-order chi connectivity index (χ0) is 28.3. The first-order valence-electron chi connectivity index (χ1n) is 13.8. The predicted octanol–water partition coefficient (Wildman–Crippen LogP) is 4.66. The van der Waals surface area contributed by atoms with Crippen LogP contribution in [0.3, 0.4) is 0 Å². The average Bonchev–Trinajstić information content (AvgIpc) is 3.01. The lowest BCUT2D eigenvalue weighted by Crippen LogP contribution is -2.47. The second-order valence-corrected chi connectivity index (χ2v) is 10.7. The smallest absolute Gasteiger partial charge is 0.255 e. The number of carbonyl (C=O) groups is 2. The van der Waals surface area contributed by atoms with Gasteiger partial charge in [-0.15, -0.1) is 0 Å². The fraction of sp³-hybridized carbons (Fsp3) is 0.242. The van der Waals surface area contributed by atoms with Gasteiger partial charge in [0.1, 0.15) is 5.75 Å². The highest BCUT2D eigenvalue weighted by Gasteiger charge is 2.35. The summed E-state index contributed by atoms with van der Waals surface area (Å²) in [6.45, 7) is 2.55. The third-order valence-corrected chi connectivity index (χ3v) is 7.98. The molecule has 41 heavy (non-hydrogen) atoms. The summed E-state index contributed by atoms with van der Waals surface area (Å²) in [5, 5.41) is 6.04. The number of anilines is 2. The number of nitrogens with one attached hydrogen (secondary N) is 2. The van der Waals surface area contributed by atoms with Crippen LogP contribution in [0.2, 0.25) is 0 Å². The number of amides is 2. The number of hydrogen-bond acceptors (Lipinski definition) is 5. The van der Waals surface area contributed by atoms with E-state index in [-0.39, 0.29) is 23.3 Å². The van der Waals surface area contributed by atoms with Gasteiger partial charge in [-0.3, -0.25) is 14.4 Å². The quantitative estimate of drug-likeness (QED) is 0.350. The number of ether oxygens (including phenoxy) is 1. The number of fused-ring (bicyclic) bond motifs is 4. The Morgan fingerprint density at radius 3 is 2.41 bits per heavy atom. The molecule has 3 heterocycles. The number of aromatic nitrogens is 1. The number of pyridine rings is 1. The Bertz CT molecular complexity index is 1630. The predicted molar refractivity (Wildman–Crippen MR) is 159 cm³/mol. The van der Waals surface area contributed by atoms with Crippen LogP contribution < -0.4 is 25.8 Å². The monoisotopic (exact) mass is 548 g/mol. The molecule has 2 aliphatic heterocycles. The van der Waals surface area contributed by atoms with Crippen molar-refractivity contribution in [3.8, 4) is 5.75 Å². The van der Waals surface area contributed by atoms with Gasteiger partial charge in [0.2, 0.25) is 0 Å². The lowest BCUT2D eigenvalue weighted by molar-refractivity contribution is 0.0949. The van der Waals surface area contributed by atoms with Crippen LogP contribution in [0.1, 0.15) is 44.3 Å². The van der Waals surface area contributed by atoms with Crippen molar-refractivity contribution in [2.45, 2.75) is 25.4 Å². The van der Waals surface area contributed by atoms with Gasteiger partial charge in [-0.05, 0) is 66.4 Å². The summed E-state index contributed by atoms with van der Waals surface area (Å²) in [5.74, 6) is 0.684. The van der Waals surface area contributed by atoms with E-state index in [1.165, 1.54) is 0 Å². The lowest BCUT2D eigenvalue weighted by Gasteiger charge is -2.44. The van der Waals surface area contributed by atoms with Crippen LogP contribution >= 0.6 is 0 Å². The molecule has 0 unspecified atom stereocenters. The van der Waals surface area contributed by atoms with Gasteiger partial charge >= 0.3 is 0 Å². The fourth-order valence-electron chi connectivity index (χ4n) is 5.96. The van der Waals surface area contributed by atoms with E-state index in [2.05, 4.69) is 15.5 Å². The highest BCUT2D eigenvalue weighted by molar-refractivity contribution is 6.07. The van der Waals surface area contributed by atoms with Crippen molar-refractivity contribution < 1.29 is 14.3 Å². The van der Waals surface area contributed by atoms with E-state index in [9.17, 15) is 14.4 Å². The van der Waals surface area contributed by atoms with E-state index < -0.39 is 0 Å². The molecule has 2 atom stereocenters. The molecule has 8 nitrogen and oxygen atoms in total. The summed E-state index contributed by atoms with van der Waals surface area (Å²) in [7, 11) is 1.58. The van der Waals surface area contributed by atoms with Crippen molar-refractivity contribution >= 4 is 23.2 Å². The van der Waals surface area contributed by atoms with E-state index in [0.717, 1.165) is 29.9 Å². The number of methoxy groups -OCH3 is 1. The summed E-state index contributed by atoms with van der Waals surface area (Å²) in [4.78, 5) is 41.2. The minimum absolute atomic E-state index is 0.0453. The van der Waals surface area contributed by atoms with E-state index in [1.807, 2.05) is 59.2 Å². The van der Waals surface area contributed by atoms with Crippen LogP contribution in [0.4, 0.5) is 11.4 Å². The van der Waals surface area contributed by atoms with Crippen LogP contribution in [-0.2, 0) is 13.1 Å². The van der Waals surface area contributed by atoms with Gasteiger partial charge in [-0.2, -0.15) is 0 Å². The molecule has 2 N–H and O–H groups in total. The van der Waals surface area contributed by atoms with Crippen molar-refractivity contribution in [1.82, 2.24) is 9.88 Å². The second kappa shape index (κ2) is 11.3. The average molecular weight is 549 g/mol. The van der Waals surface area contributed by atoms with Gasteiger partial charge in [-0.1, -0.05) is 36.4 Å². The third-order valence-electron chi connectivity index (χ3n) is 7.98. The number of benzene rings is 3. The van der Waals surface area contributed by atoms with Gasteiger partial charge in [0, 0.05) is 55.0 Å². The molecule has 8 heteroatoms. The van der Waals surface area contributed by atoms with Crippen molar-refractivity contribution in [2.75, 3.05) is 30.4 Å². The summed E-state index contributed by atoms with van der Waals surface area (Å²) in [6, 6.07) is 27.6. The number of piperidine rings is 1. The molecular weight excluding hydrogens is 516 g/mol.